The summed E-state index contributed by atoms with van der Waals surface area (Å²) in [5.74, 6) is -0.468. The van der Waals surface area contributed by atoms with Crippen LogP contribution in [0.3, 0.4) is 0 Å². The molecule has 0 fully saturated rings. The van der Waals surface area contributed by atoms with Crippen molar-refractivity contribution in [2.45, 2.75) is 0 Å². The molecule has 1 heterocycles. The minimum Gasteiger partial charge on any atom is -0.480 e. The SMILES string of the molecule is COC(=O)c1cc([N+]#N)cnc1OC. The third-order valence-corrected chi connectivity index (χ3v) is 1.55. The molecular weight excluding hydrogens is 186 g/mol. The van der Waals surface area contributed by atoms with Crippen molar-refractivity contribution in [3.63, 3.8) is 0 Å². The molecule has 0 unspecified atom stereocenters. The summed E-state index contributed by atoms with van der Waals surface area (Å²) in [5, 5.41) is 8.47. The van der Waals surface area contributed by atoms with E-state index in [1.807, 2.05) is 0 Å². The monoisotopic (exact) mass is 194 g/mol. The van der Waals surface area contributed by atoms with Gasteiger partial charge < -0.3 is 9.47 Å². The molecule has 1 aromatic rings. The lowest BCUT2D eigenvalue weighted by Crippen LogP contribution is -2.04. The Balaban J connectivity index is 3.23. The highest BCUT2D eigenvalue weighted by Crippen LogP contribution is 2.21. The Morgan fingerprint density at radius 2 is 2.29 bits per heavy atom. The molecule has 72 valence electrons. The number of hydrogen-bond donors (Lipinski definition) is 0. The van der Waals surface area contributed by atoms with Crippen LogP contribution >= 0.6 is 0 Å². The molecule has 6 nitrogen and oxygen atoms in total. The van der Waals surface area contributed by atoms with E-state index in [1.54, 1.807) is 0 Å². The fourth-order valence-electron chi connectivity index (χ4n) is 0.915. The number of aromatic nitrogens is 1. The first-order valence-electron chi connectivity index (χ1n) is 3.70. The molecule has 6 heteroatoms. The van der Waals surface area contributed by atoms with Crippen molar-refractivity contribution in [2.24, 2.45) is 0 Å². The van der Waals surface area contributed by atoms with Crippen LogP contribution < -0.4 is 4.74 Å². The van der Waals surface area contributed by atoms with Gasteiger partial charge in [0.05, 0.1) is 20.3 Å². The maximum absolute atomic E-state index is 11.2. The summed E-state index contributed by atoms with van der Waals surface area (Å²) in [6.45, 7) is 0. The molecule has 0 N–H and O–H groups in total. The average molecular weight is 194 g/mol. The van der Waals surface area contributed by atoms with Gasteiger partial charge in [0.1, 0.15) is 11.8 Å². The lowest BCUT2D eigenvalue weighted by atomic mass is 10.2. The number of pyridine rings is 1. The molecule has 0 spiro atoms. The topological polar surface area (TPSA) is 76.6 Å². The molecule has 0 saturated carbocycles. The molecule has 0 bridgehead atoms. The van der Waals surface area contributed by atoms with E-state index in [2.05, 4.69) is 14.7 Å². The number of methoxy groups -OCH3 is 2. The number of nitrogens with zero attached hydrogens (tertiary/aromatic N) is 3. The highest BCUT2D eigenvalue weighted by atomic mass is 16.5. The van der Waals surface area contributed by atoms with E-state index < -0.39 is 5.97 Å². The Bertz CT molecular complexity index is 397. The van der Waals surface area contributed by atoms with Gasteiger partial charge in [-0.3, -0.25) is 0 Å². The van der Waals surface area contributed by atoms with E-state index >= 15 is 0 Å². The van der Waals surface area contributed by atoms with E-state index in [0.717, 1.165) is 0 Å². The Hall–Kier alpha value is -2.16. The summed E-state index contributed by atoms with van der Waals surface area (Å²) in [4.78, 5) is 17.9. The van der Waals surface area contributed by atoms with Gasteiger partial charge in [-0.2, -0.15) is 0 Å². The molecule has 0 amide bonds. The van der Waals surface area contributed by atoms with Gasteiger partial charge in [-0.15, -0.1) is 0 Å². The maximum atomic E-state index is 11.2. The molecule has 14 heavy (non-hydrogen) atoms. The summed E-state index contributed by atoms with van der Waals surface area (Å²) in [5.41, 5.74) is 0.275. The summed E-state index contributed by atoms with van der Waals surface area (Å²) >= 11 is 0. The molecule has 1 aromatic heterocycles. The van der Waals surface area contributed by atoms with Crippen molar-refractivity contribution in [3.8, 4) is 5.88 Å². The van der Waals surface area contributed by atoms with Crippen LogP contribution in [0.2, 0.25) is 0 Å². The Labute approximate surface area is 80.1 Å². The van der Waals surface area contributed by atoms with Crippen LogP contribution in [-0.2, 0) is 4.74 Å². The number of diazo groups is 1. The van der Waals surface area contributed by atoms with E-state index in [1.165, 1.54) is 26.5 Å². The lowest BCUT2D eigenvalue weighted by Gasteiger charge is -2.02. The fourth-order valence-corrected chi connectivity index (χ4v) is 0.915. The van der Waals surface area contributed by atoms with Crippen molar-refractivity contribution >= 4 is 11.7 Å². The highest BCUT2D eigenvalue weighted by molar-refractivity contribution is 5.92. The molecule has 0 atom stereocenters. The van der Waals surface area contributed by atoms with Crippen LogP contribution in [0.4, 0.5) is 5.69 Å². The first-order chi connectivity index (χ1) is 6.72. The van der Waals surface area contributed by atoms with Gasteiger partial charge in [0.25, 0.3) is 0 Å². The van der Waals surface area contributed by atoms with Crippen molar-refractivity contribution in [3.05, 3.63) is 22.8 Å². The van der Waals surface area contributed by atoms with Crippen LogP contribution in [0.1, 0.15) is 10.4 Å². The first kappa shape index (κ1) is 9.92. The van der Waals surface area contributed by atoms with Gasteiger partial charge in [0, 0.05) is 0 Å². The second kappa shape index (κ2) is 4.18. The second-order valence-electron chi connectivity index (χ2n) is 2.34. The smallest absolute Gasteiger partial charge is 0.404 e. The Kier molecular flexibility index (Phi) is 2.97. The van der Waals surface area contributed by atoms with Crippen LogP contribution in [0.15, 0.2) is 12.3 Å². The normalized spacial score (nSPS) is 8.93. The van der Waals surface area contributed by atoms with E-state index in [0.29, 0.717) is 0 Å². The summed E-state index contributed by atoms with van der Waals surface area (Å²) in [6, 6.07) is 1.32. The van der Waals surface area contributed by atoms with Crippen molar-refractivity contribution < 1.29 is 14.3 Å². The first-order valence-corrected chi connectivity index (χ1v) is 3.70. The number of hydrogen-bond acceptors (Lipinski definition) is 5. The zero-order chi connectivity index (χ0) is 10.6. The minimum atomic E-state index is -0.597. The van der Waals surface area contributed by atoms with Crippen molar-refractivity contribution in [1.29, 1.82) is 5.39 Å². The Morgan fingerprint density at radius 1 is 1.57 bits per heavy atom. The Morgan fingerprint density at radius 3 is 2.79 bits per heavy atom. The van der Waals surface area contributed by atoms with Gasteiger partial charge in [-0.05, 0) is 0 Å². The summed E-state index contributed by atoms with van der Waals surface area (Å²) in [7, 11) is 2.62. The molecule has 0 aliphatic heterocycles. The van der Waals surface area contributed by atoms with E-state index in [4.69, 9.17) is 10.1 Å². The van der Waals surface area contributed by atoms with Gasteiger partial charge in [0.15, 0.2) is 4.98 Å². The quantitative estimate of drug-likeness (QED) is 0.524. The van der Waals surface area contributed by atoms with Gasteiger partial charge in [-0.25, -0.2) is 9.78 Å². The number of esters is 1. The van der Waals surface area contributed by atoms with Gasteiger partial charge >= 0.3 is 11.7 Å². The van der Waals surface area contributed by atoms with E-state index in [-0.39, 0.29) is 17.1 Å². The average Bonchev–Trinajstić information content (AvgIpc) is 2.27. The standard InChI is InChI=1S/C8H8N3O3/c1-13-7-6(8(12)14-2)3-5(11-9)4-10-7/h3-4H,1-2H3/q+1. The highest BCUT2D eigenvalue weighted by Gasteiger charge is 2.19. The second-order valence-corrected chi connectivity index (χ2v) is 2.34. The maximum Gasteiger partial charge on any atom is 0.404 e. The lowest BCUT2D eigenvalue weighted by molar-refractivity contribution is 0.0596. The molecule has 1 rings (SSSR count). The van der Waals surface area contributed by atoms with Crippen molar-refractivity contribution in [1.82, 2.24) is 4.98 Å². The molecule has 0 radical (unpaired) electrons. The molecule has 0 aliphatic carbocycles. The zero-order valence-corrected chi connectivity index (χ0v) is 7.72. The molecule has 0 aliphatic rings. The number of carbonyl (C=O) groups excluding carboxylic acids is 1. The van der Waals surface area contributed by atoms with Crippen LogP contribution in [0.25, 0.3) is 4.98 Å². The predicted octanol–water partition coefficient (Wildman–Crippen LogP) is 1.36. The summed E-state index contributed by atoms with van der Waals surface area (Å²) < 4.78 is 9.33. The largest absolute Gasteiger partial charge is 0.480 e. The third kappa shape index (κ3) is 1.77. The predicted molar refractivity (Wildman–Crippen MR) is 46.9 cm³/mol. The fraction of sp³-hybridized carbons (Fsp3) is 0.250. The number of ether oxygens (including phenoxy) is 2. The van der Waals surface area contributed by atoms with E-state index in [9.17, 15) is 4.79 Å². The third-order valence-electron chi connectivity index (χ3n) is 1.55. The molecule has 0 aromatic carbocycles. The number of carbonyl (C=O) groups is 1. The number of rotatable bonds is 2. The summed E-state index contributed by atoms with van der Waals surface area (Å²) in [6.07, 6.45) is 1.27. The zero-order valence-electron chi connectivity index (χ0n) is 7.72. The van der Waals surface area contributed by atoms with Gasteiger partial charge in [-0.1, -0.05) is 0 Å². The van der Waals surface area contributed by atoms with Gasteiger partial charge in [0.2, 0.25) is 11.3 Å². The van der Waals surface area contributed by atoms with Crippen LogP contribution in [0.5, 0.6) is 5.88 Å². The molecule has 0 saturated heterocycles. The minimum absolute atomic E-state index is 0.116. The van der Waals surface area contributed by atoms with Crippen LogP contribution in [-0.4, -0.2) is 25.2 Å². The van der Waals surface area contributed by atoms with Crippen molar-refractivity contribution in [2.75, 3.05) is 14.2 Å². The molecular formula is C8H8N3O3+. The van der Waals surface area contributed by atoms with Crippen LogP contribution in [0, 0.1) is 5.39 Å².